The number of benzene rings is 1. The maximum absolute atomic E-state index is 12.2. The summed E-state index contributed by atoms with van der Waals surface area (Å²) in [6.45, 7) is 1.42. The molecule has 22 heavy (non-hydrogen) atoms. The molecule has 1 atom stereocenters. The van der Waals surface area contributed by atoms with Crippen LogP contribution in [0.1, 0.15) is 23.0 Å². The molecule has 1 unspecified atom stereocenters. The van der Waals surface area contributed by atoms with E-state index in [9.17, 15) is 20.0 Å². The molecule has 1 amide bonds. The Morgan fingerprint density at radius 3 is 2.77 bits per heavy atom. The number of rotatable bonds is 5. The average molecular weight is 416 g/mol. The van der Waals surface area contributed by atoms with Gasteiger partial charge in [0.1, 0.15) is 14.9 Å². The number of nitrogens with zero attached hydrogens (tertiary/aromatic N) is 1. The highest BCUT2D eigenvalue weighted by Crippen LogP contribution is 2.25. The second-order valence-electron chi connectivity index (χ2n) is 4.83. The van der Waals surface area contributed by atoms with Crippen LogP contribution < -0.4 is 5.32 Å². The molecule has 0 radical (unpaired) electrons. The maximum Gasteiger partial charge on any atom is 0.283 e. The number of halogens is 1. The zero-order valence-corrected chi connectivity index (χ0v) is 13.7. The highest BCUT2D eigenvalue weighted by Gasteiger charge is 2.28. The van der Waals surface area contributed by atoms with Crippen LogP contribution in [0.15, 0.2) is 41.0 Å². The van der Waals surface area contributed by atoms with Crippen LogP contribution in [0.4, 0.5) is 5.69 Å². The molecule has 1 aromatic heterocycles. The van der Waals surface area contributed by atoms with Crippen LogP contribution in [0.3, 0.4) is 0 Å². The van der Waals surface area contributed by atoms with Crippen molar-refractivity contribution in [3.8, 4) is 0 Å². The summed E-state index contributed by atoms with van der Waals surface area (Å²) < 4.78 is 5.37. The number of carbonyl (C=O) groups excluding carboxylic acids is 1. The summed E-state index contributed by atoms with van der Waals surface area (Å²) >= 11 is 1.76. The number of amides is 1. The van der Waals surface area contributed by atoms with Gasteiger partial charge in [0.15, 0.2) is 0 Å². The Morgan fingerprint density at radius 1 is 1.45 bits per heavy atom. The zero-order chi connectivity index (χ0) is 16.3. The molecule has 0 aliphatic carbocycles. The fourth-order valence-electron chi connectivity index (χ4n) is 1.86. The van der Waals surface area contributed by atoms with Gasteiger partial charge in [0.2, 0.25) is 0 Å². The second-order valence-corrected chi connectivity index (χ2v) is 5.91. The topological polar surface area (TPSA) is 106 Å². The molecule has 0 aliphatic rings. The molecule has 116 valence electrons. The molecule has 2 N–H and O–H groups in total. The highest BCUT2D eigenvalue weighted by atomic mass is 127. The van der Waals surface area contributed by atoms with E-state index in [1.54, 1.807) is 34.7 Å². The van der Waals surface area contributed by atoms with E-state index in [1.807, 2.05) is 0 Å². The Kier molecular flexibility index (Phi) is 4.81. The molecule has 2 aromatic rings. The number of nitro groups is 1. The molecule has 7 nitrogen and oxygen atoms in total. The summed E-state index contributed by atoms with van der Waals surface area (Å²) in [6, 6.07) is 7.50. The van der Waals surface area contributed by atoms with Crippen LogP contribution in [0, 0.1) is 13.7 Å². The van der Waals surface area contributed by atoms with E-state index in [0.29, 0.717) is 5.76 Å². The molecule has 0 bridgehead atoms. The monoisotopic (exact) mass is 416 g/mol. The van der Waals surface area contributed by atoms with Crippen molar-refractivity contribution < 1.29 is 19.2 Å². The summed E-state index contributed by atoms with van der Waals surface area (Å²) in [6.07, 6.45) is 1.43. The van der Waals surface area contributed by atoms with Gasteiger partial charge in [-0.2, -0.15) is 0 Å². The SMILES string of the molecule is CC(O)(CNC(=O)c1cccc([N+](=O)[O-])c1I)c1ccco1. The molecule has 2 rings (SSSR count). The van der Waals surface area contributed by atoms with Gasteiger partial charge in [0, 0.05) is 6.07 Å². The van der Waals surface area contributed by atoms with Gasteiger partial charge in [-0.25, -0.2) is 0 Å². The number of nitro benzene ring substituents is 1. The van der Waals surface area contributed by atoms with E-state index in [1.165, 1.54) is 31.4 Å². The van der Waals surface area contributed by atoms with E-state index in [4.69, 9.17) is 4.42 Å². The summed E-state index contributed by atoms with van der Waals surface area (Å²) in [5.74, 6) is -0.179. The van der Waals surface area contributed by atoms with E-state index < -0.39 is 16.4 Å². The fraction of sp³-hybridized carbons (Fsp3) is 0.214. The second kappa shape index (κ2) is 6.44. The summed E-state index contributed by atoms with van der Waals surface area (Å²) in [4.78, 5) is 22.5. The third-order valence-corrected chi connectivity index (χ3v) is 4.20. The zero-order valence-electron chi connectivity index (χ0n) is 11.6. The van der Waals surface area contributed by atoms with Crippen LogP contribution in [0.5, 0.6) is 0 Å². The minimum absolute atomic E-state index is 0.0852. The van der Waals surface area contributed by atoms with Crippen molar-refractivity contribution in [3.05, 3.63) is 61.6 Å². The average Bonchev–Trinajstić information content (AvgIpc) is 3.00. The third kappa shape index (κ3) is 3.45. The van der Waals surface area contributed by atoms with Crippen molar-refractivity contribution in [3.63, 3.8) is 0 Å². The first kappa shape index (κ1) is 16.4. The van der Waals surface area contributed by atoms with Gasteiger partial charge in [-0.1, -0.05) is 6.07 Å². The number of nitrogens with one attached hydrogen (secondary N) is 1. The first-order chi connectivity index (χ1) is 10.3. The summed E-state index contributed by atoms with van der Waals surface area (Å²) in [5, 5.41) is 23.7. The van der Waals surface area contributed by atoms with Crippen molar-refractivity contribution >= 4 is 34.2 Å². The van der Waals surface area contributed by atoms with Crippen LogP contribution in [-0.2, 0) is 5.60 Å². The molecule has 8 heteroatoms. The third-order valence-electron chi connectivity index (χ3n) is 3.06. The number of hydrogen-bond donors (Lipinski definition) is 2. The lowest BCUT2D eigenvalue weighted by molar-refractivity contribution is -0.385. The number of hydrogen-bond acceptors (Lipinski definition) is 5. The van der Waals surface area contributed by atoms with Crippen molar-refractivity contribution in [1.29, 1.82) is 0 Å². The lowest BCUT2D eigenvalue weighted by Crippen LogP contribution is -2.38. The molecule has 0 saturated carbocycles. The van der Waals surface area contributed by atoms with Crippen molar-refractivity contribution in [2.45, 2.75) is 12.5 Å². The van der Waals surface area contributed by atoms with Gasteiger partial charge < -0.3 is 14.8 Å². The van der Waals surface area contributed by atoms with Gasteiger partial charge in [-0.05, 0) is 47.7 Å². The Hall–Kier alpha value is -1.94. The quantitative estimate of drug-likeness (QED) is 0.443. The van der Waals surface area contributed by atoms with Crippen molar-refractivity contribution in [1.82, 2.24) is 5.32 Å². The predicted octanol–water partition coefficient (Wildman–Crippen LogP) is 2.43. The fourth-order valence-corrected chi connectivity index (χ4v) is 2.66. The number of furan rings is 1. The predicted molar refractivity (Wildman–Crippen MR) is 86.4 cm³/mol. The van der Waals surface area contributed by atoms with Gasteiger partial charge in [-0.15, -0.1) is 0 Å². The summed E-state index contributed by atoms with van der Waals surface area (Å²) in [5.41, 5.74) is -1.32. The van der Waals surface area contributed by atoms with Crippen LogP contribution in [-0.4, -0.2) is 22.5 Å². The first-order valence-corrected chi connectivity index (χ1v) is 7.38. The van der Waals surface area contributed by atoms with Crippen molar-refractivity contribution in [2.24, 2.45) is 0 Å². The smallest absolute Gasteiger partial charge is 0.283 e. The summed E-state index contributed by atoms with van der Waals surface area (Å²) in [7, 11) is 0. The maximum atomic E-state index is 12.2. The largest absolute Gasteiger partial charge is 0.466 e. The van der Waals surface area contributed by atoms with Crippen LogP contribution in [0.2, 0.25) is 0 Å². The number of aliphatic hydroxyl groups is 1. The van der Waals surface area contributed by atoms with E-state index in [-0.39, 0.29) is 21.4 Å². The van der Waals surface area contributed by atoms with E-state index in [0.717, 1.165) is 0 Å². The van der Waals surface area contributed by atoms with E-state index >= 15 is 0 Å². The Labute approximate surface area is 139 Å². The molecule has 0 saturated heterocycles. The minimum Gasteiger partial charge on any atom is -0.466 e. The lowest BCUT2D eigenvalue weighted by Gasteiger charge is -2.21. The molecule has 0 aliphatic heterocycles. The minimum atomic E-state index is -1.37. The van der Waals surface area contributed by atoms with Gasteiger partial charge >= 0.3 is 0 Å². The van der Waals surface area contributed by atoms with Gasteiger partial charge in [0.05, 0.1) is 23.3 Å². The number of carbonyl (C=O) groups is 1. The molecule has 1 aromatic carbocycles. The van der Waals surface area contributed by atoms with E-state index in [2.05, 4.69) is 5.32 Å². The molecular formula is C14H13IN2O5. The Bertz CT molecular complexity index is 697. The van der Waals surface area contributed by atoms with Gasteiger partial charge in [0.25, 0.3) is 11.6 Å². The Morgan fingerprint density at radius 2 is 2.18 bits per heavy atom. The lowest BCUT2D eigenvalue weighted by atomic mass is 10.0. The first-order valence-electron chi connectivity index (χ1n) is 6.30. The van der Waals surface area contributed by atoms with Crippen LogP contribution >= 0.6 is 22.6 Å². The van der Waals surface area contributed by atoms with Crippen LogP contribution in [0.25, 0.3) is 0 Å². The normalized spacial score (nSPS) is 13.4. The molecular weight excluding hydrogens is 403 g/mol. The van der Waals surface area contributed by atoms with Crippen molar-refractivity contribution in [2.75, 3.05) is 6.54 Å². The van der Waals surface area contributed by atoms with Gasteiger partial charge in [-0.3, -0.25) is 14.9 Å². The molecule has 1 heterocycles. The molecule has 0 fully saturated rings. The standard InChI is InChI=1S/C14H13IN2O5/c1-14(19,11-6-3-7-22-11)8-16-13(18)9-4-2-5-10(12(9)15)17(20)21/h2-7,19H,8H2,1H3,(H,16,18). The molecule has 0 spiro atoms. The highest BCUT2D eigenvalue weighted by molar-refractivity contribution is 14.1. The Balaban J connectivity index is 2.14.